The monoisotopic (exact) mass is 275 g/mol. The van der Waals surface area contributed by atoms with Crippen molar-refractivity contribution >= 4 is 22.9 Å². The van der Waals surface area contributed by atoms with E-state index in [0.29, 0.717) is 11.5 Å². The Kier molecular flexibility index (Phi) is 3.46. The molecule has 1 atom stereocenters. The fourth-order valence-electron chi connectivity index (χ4n) is 2.38. The predicted molar refractivity (Wildman–Crippen MR) is 74.4 cm³/mol. The summed E-state index contributed by atoms with van der Waals surface area (Å²) in [7, 11) is 1.83. The van der Waals surface area contributed by atoms with Crippen molar-refractivity contribution in [1.82, 2.24) is 30.6 Å². The quantitative estimate of drug-likeness (QED) is 0.680. The summed E-state index contributed by atoms with van der Waals surface area (Å²) in [5, 5.41) is 6.23. The summed E-state index contributed by atoms with van der Waals surface area (Å²) in [5.74, 6) is 0.666. The summed E-state index contributed by atoms with van der Waals surface area (Å²) in [6.07, 6.45) is 4.00. The van der Waals surface area contributed by atoms with Crippen LogP contribution in [0, 0.1) is 0 Å². The number of imidazole rings is 1. The number of carbonyl (C=O) groups excluding carboxylic acids is 1. The lowest BCUT2D eigenvalue weighted by Gasteiger charge is -2.19. The molecule has 2 aromatic heterocycles. The molecular weight excluding hydrogens is 258 g/mol. The third kappa shape index (κ3) is 2.55. The third-order valence-corrected chi connectivity index (χ3v) is 3.37. The topological polar surface area (TPSA) is 98.8 Å². The molecule has 0 spiro atoms. The largest absolute Gasteiger partial charge is 0.351 e. The number of nitrogens with zero attached hydrogens (tertiary/aromatic N) is 4. The minimum Gasteiger partial charge on any atom is -0.351 e. The van der Waals surface area contributed by atoms with Gasteiger partial charge in [0.25, 0.3) is 0 Å². The van der Waals surface area contributed by atoms with Crippen LogP contribution in [0.15, 0.2) is 12.7 Å². The number of amides is 1. The Hall–Kier alpha value is -2.22. The van der Waals surface area contributed by atoms with Crippen LogP contribution in [0.25, 0.3) is 11.2 Å². The number of anilines is 1. The molecule has 2 aromatic rings. The molecule has 0 saturated carbocycles. The Balaban J connectivity index is 1.67. The number of H-pyrrole nitrogens is 1. The molecule has 3 heterocycles. The van der Waals surface area contributed by atoms with Gasteiger partial charge in [0.2, 0.25) is 5.91 Å². The molecule has 1 aliphatic rings. The molecule has 1 aliphatic heterocycles. The second-order valence-corrected chi connectivity index (χ2v) is 4.91. The molecule has 3 rings (SSSR count). The molecule has 8 nitrogen and oxygen atoms in total. The van der Waals surface area contributed by atoms with Crippen LogP contribution in [-0.2, 0) is 4.79 Å². The van der Waals surface area contributed by atoms with Gasteiger partial charge in [0.1, 0.15) is 11.8 Å². The highest BCUT2D eigenvalue weighted by Crippen LogP contribution is 2.17. The van der Waals surface area contributed by atoms with Crippen LogP contribution in [0.2, 0.25) is 0 Å². The number of aromatic nitrogens is 4. The summed E-state index contributed by atoms with van der Waals surface area (Å²) >= 11 is 0. The highest BCUT2D eigenvalue weighted by molar-refractivity contribution is 5.87. The first-order chi connectivity index (χ1) is 9.74. The van der Waals surface area contributed by atoms with E-state index < -0.39 is 0 Å². The fourth-order valence-corrected chi connectivity index (χ4v) is 2.38. The second-order valence-electron chi connectivity index (χ2n) is 4.91. The second kappa shape index (κ2) is 5.41. The van der Waals surface area contributed by atoms with Crippen molar-refractivity contribution in [2.75, 3.05) is 31.6 Å². The first kappa shape index (κ1) is 12.8. The van der Waals surface area contributed by atoms with Crippen molar-refractivity contribution < 1.29 is 4.79 Å². The summed E-state index contributed by atoms with van der Waals surface area (Å²) < 4.78 is 0. The minimum absolute atomic E-state index is 0.00697. The van der Waals surface area contributed by atoms with E-state index in [9.17, 15) is 4.79 Å². The van der Waals surface area contributed by atoms with Crippen LogP contribution in [0.5, 0.6) is 0 Å². The number of carbonyl (C=O) groups is 1. The molecule has 3 N–H and O–H groups in total. The average Bonchev–Trinajstić information content (AvgIpc) is 3.08. The van der Waals surface area contributed by atoms with Crippen molar-refractivity contribution in [2.45, 2.75) is 12.5 Å². The molecule has 106 valence electrons. The minimum atomic E-state index is -0.00697. The van der Waals surface area contributed by atoms with Gasteiger partial charge in [0, 0.05) is 19.6 Å². The van der Waals surface area contributed by atoms with Gasteiger partial charge in [0.15, 0.2) is 11.5 Å². The fraction of sp³-hybridized carbons (Fsp3) is 0.500. The summed E-state index contributed by atoms with van der Waals surface area (Å²) in [6.45, 7) is 2.05. The van der Waals surface area contributed by atoms with Gasteiger partial charge in [-0.25, -0.2) is 15.0 Å². The Morgan fingerprint density at radius 3 is 3.20 bits per heavy atom. The molecule has 1 amide bonds. The SMILES string of the molecule is CN(CC(=O)NC1CCNC1)c1ncnc2nc[nH]c12. The Bertz CT molecular complexity index is 605. The molecule has 0 aliphatic carbocycles. The van der Waals surface area contributed by atoms with Crippen molar-refractivity contribution in [3.8, 4) is 0 Å². The lowest BCUT2D eigenvalue weighted by Crippen LogP contribution is -2.42. The first-order valence-electron chi connectivity index (χ1n) is 6.59. The van der Waals surface area contributed by atoms with Gasteiger partial charge in [-0.2, -0.15) is 0 Å². The zero-order valence-electron chi connectivity index (χ0n) is 11.3. The lowest BCUT2D eigenvalue weighted by atomic mass is 10.2. The molecule has 20 heavy (non-hydrogen) atoms. The highest BCUT2D eigenvalue weighted by atomic mass is 16.2. The van der Waals surface area contributed by atoms with E-state index in [1.165, 1.54) is 6.33 Å². The Morgan fingerprint density at radius 2 is 2.40 bits per heavy atom. The van der Waals surface area contributed by atoms with Gasteiger partial charge in [-0.3, -0.25) is 4.79 Å². The number of hydrogen-bond acceptors (Lipinski definition) is 6. The summed E-state index contributed by atoms with van der Waals surface area (Å²) in [6, 6.07) is 0.230. The van der Waals surface area contributed by atoms with Gasteiger partial charge < -0.3 is 20.5 Å². The van der Waals surface area contributed by atoms with Crippen LogP contribution in [-0.4, -0.2) is 58.6 Å². The molecule has 1 unspecified atom stereocenters. The molecular formula is C12H17N7O. The maximum Gasteiger partial charge on any atom is 0.239 e. The van der Waals surface area contributed by atoms with Gasteiger partial charge in [0.05, 0.1) is 12.9 Å². The van der Waals surface area contributed by atoms with Gasteiger partial charge in [-0.05, 0) is 13.0 Å². The zero-order valence-corrected chi connectivity index (χ0v) is 11.3. The highest BCUT2D eigenvalue weighted by Gasteiger charge is 2.18. The Morgan fingerprint density at radius 1 is 1.50 bits per heavy atom. The molecule has 1 fully saturated rings. The van der Waals surface area contributed by atoms with Crippen LogP contribution in [0.3, 0.4) is 0 Å². The molecule has 0 bridgehead atoms. The number of hydrogen-bond donors (Lipinski definition) is 3. The van der Waals surface area contributed by atoms with E-state index in [2.05, 4.69) is 30.6 Å². The zero-order chi connectivity index (χ0) is 13.9. The van der Waals surface area contributed by atoms with Crippen molar-refractivity contribution in [3.63, 3.8) is 0 Å². The van der Waals surface area contributed by atoms with Crippen LogP contribution in [0.1, 0.15) is 6.42 Å². The Labute approximate surface area is 116 Å². The van der Waals surface area contributed by atoms with Crippen molar-refractivity contribution in [2.24, 2.45) is 0 Å². The number of fused-ring (bicyclic) bond motifs is 1. The third-order valence-electron chi connectivity index (χ3n) is 3.37. The standard InChI is InChI=1S/C12H17N7O/c1-19(5-9(20)18-8-2-3-13-4-8)12-10-11(15-6-14-10)16-7-17-12/h6-8,13H,2-5H2,1H3,(H,18,20)(H,14,15,16,17). The number of nitrogens with one attached hydrogen (secondary N) is 3. The van der Waals surface area contributed by atoms with Crippen LogP contribution in [0.4, 0.5) is 5.82 Å². The maximum absolute atomic E-state index is 12.0. The van der Waals surface area contributed by atoms with Crippen molar-refractivity contribution in [1.29, 1.82) is 0 Å². The van der Waals surface area contributed by atoms with Crippen LogP contribution >= 0.6 is 0 Å². The van der Waals surface area contributed by atoms with E-state index in [-0.39, 0.29) is 18.5 Å². The average molecular weight is 275 g/mol. The molecule has 0 radical (unpaired) electrons. The van der Waals surface area contributed by atoms with Gasteiger partial charge in [-0.1, -0.05) is 0 Å². The smallest absolute Gasteiger partial charge is 0.239 e. The number of aromatic amines is 1. The summed E-state index contributed by atoms with van der Waals surface area (Å²) in [4.78, 5) is 29.1. The normalized spacial score (nSPS) is 18.4. The van der Waals surface area contributed by atoms with Crippen molar-refractivity contribution in [3.05, 3.63) is 12.7 Å². The van der Waals surface area contributed by atoms with Gasteiger partial charge in [-0.15, -0.1) is 0 Å². The number of likely N-dealkylation sites (N-methyl/N-ethyl adjacent to an activating group) is 1. The molecule has 1 saturated heterocycles. The molecule has 0 aromatic carbocycles. The molecule has 8 heteroatoms. The maximum atomic E-state index is 12.0. The van der Waals surface area contributed by atoms with Crippen LogP contribution < -0.4 is 15.5 Å². The summed E-state index contributed by atoms with van der Waals surface area (Å²) in [5.41, 5.74) is 1.34. The first-order valence-corrected chi connectivity index (χ1v) is 6.59. The number of rotatable bonds is 4. The van der Waals surface area contributed by atoms with E-state index >= 15 is 0 Å². The van der Waals surface area contributed by atoms with E-state index in [4.69, 9.17) is 0 Å². The predicted octanol–water partition coefficient (Wildman–Crippen LogP) is -0.733. The van der Waals surface area contributed by atoms with E-state index in [1.807, 2.05) is 7.05 Å². The van der Waals surface area contributed by atoms with E-state index in [1.54, 1.807) is 11.2 Å². The van der Waals surface area contributed by atoms with E-state index in [0.717, 1.165) is 25.0 Å². The van der Waals surface area contributed by atoms with Gasteiger partial charge >= 0.3 is 0 Å². The lowest BCUT2D eigenvalue weighted by molar-refractivity contribution is -0.120.